The molecule has 1 aromatic carbocycles. The third-order valence-corrected chi connectivity index (χ3v) is 3.58. The second-order valence-electron chi connectivity index (χ2n) is 5.98. The average molecular weight is 392 g/mol. The Morgan fingerprint density at radius 3 is 2.57 bits per heavy atom. The lowest BCUT2D eigenvalue weighted by Crippen LogP contribution is -2.37. The number of amides is 1. The van der Waals surface area contributed by atoms with Crippen molar-refractivity contribution >= 4 is 18.4 Å². The highest BCUT2D eigenvalue weighted by atomic mass is 16.5. The van der Waals surface area contributed by atoms with Gasteiger partial charge in [-0.3, -0.25) is 4.79 Å². The SMILES string of the molecule is C/C=C\C=C(/C)COCC(CNC(=O)c1ccc(N)cc1)OCCNC.C=O. The van der Waals surface area contributed by atoms with Crippen LogP contribution in [0.2, 0.25) is 0 Å². The van der Waals surface area contributed by atoms with E-state index in [9.17, 15) is 4.79 Å². The van der Waals surface area contributed by atoms with Crippen LogP contribution in [0.3, 0.4) is 0 Å². The summed E-state index contributed by atoms with van der Waals surface area (Å²) in [6.45, 7) is 8.59. The summed E-state index contributed by atoms with van der Waals surface area (Å²) in [5.74, 6) is -0.156. The molecule has 0 aromatic heterocycles. The Bertz CT molecular complexity index is 600. The van der Waals surface area contributed by atoms with Gasteiger partial charge in [-0.25, -0.2) is 0 Å². The number of nitrogen functional groups attached to an aromatic ring is 1. The molecule has 1 rings (SSSR count). The molecule has 7 nitrogen and oxygen atoms in total. The average Bonchev–Trinajstić information content (AvgIpc) is 2.72. The third kappa shape index (κ3) is 12.0. The molecular formula is C21H33N3O4. The fraction of sp³-hybridized carbons (Fsp3) is 0.429. The van der Waals surface area contributed by atoms with Gasteiger partial charge in [0.25, 0.3) is 5.91 Å². The number of likely N-dealkylation sites (N-methyl/N-ethyl adjacent to an activating group) is 1. The van der Waals surface area contributed by atoms with Crippen LogP contribution in [-0.2, 0) is 14.3 Å². The lowest BCUT2D eigenvalue weighted by Gasteiger charge is -2.19. The van der Waals surface area contributed by atoms with Gasteiger partial charge in [0.05, 0.1) is 25.9 Å². The third-order valence-electron chi connectivity index (χ3n) is 3.58. The minimum absolute atomic E-state index is 0.156. The monoisotopic (exact) mass is 391 g/mol. The number of benzene rings is 1. The highest BCUT2D eigenvalue weighted by molar-refractivity contribution is 5.94. The van der Waals surface area contributed by atoms with Gasteiger partial charge in [0, 0.05) is 24.3 Å². The van der Waals surface area contributed by atoms with Gasteiger partial charge < -0.3 is 30.6 Å². The summed E-state index contributed by atoms with van der Waals surface area (Å²) in [6, 6.07) is 6.82. The summed E-state index contributed by atoms with van der Waals surface area (Å²) in [7, 11) is 1.87. The number of hydrogen-bond donors (Lipinski definition) is 3. The highest BCUT2D eigenvalue weighted by Crippen LogP contribution is 2.05. The van der Waals surface area contributed by atoms with Crippen molar-refractivity contribution in [3.05, 3.63) is 53.6 Å². The molecule has 1 aromatic rings. The minimum Gasteiger partial charge on any atom is -0.399 e. The summed E-state index contributed by atoms with van der Waals surface area (Å²) in [5, 5.41) is 5.92. The molecule has 1 unspecified atom stereocenters. The first-order valence-electron chi connectivity index (χ1n) is 9.11. The van der Waals surface area contributed by atoms with E-state index in [4.69, 9.17) is 20.0 Å². The van der Waals surface area contributed by atoms with Crippen molar-refractivity contribution in [3.63, 3.8) is 0 Å². The van der Waals surface area contributed by atoms with E-state index in [1.54, 1.807) is 24.3 Å². The van der Waals surface area contributed by atoms with Crippen LogP contribution >= 0.6 is 0 Å². The number of allylic oxidation sites excluding steroid dienone is 3. The van der Waals surface area contributed by atoms with Crippen LogP contribution in [0.25, 0.3) is 0 Å². The topological polar surface area (TPSA) is 103 Å². The van der Waals surface area contributed by atoms with E-state index in [-0.39, 0.29) is 12.0 Å². The molecule has 0 radical (unpaired) electrons. The van der Waals surface area contributed by atoms with Crippen LogP contribution in [0.4, 0.5) is 5.69 Å². The Morgan fingerprint density at radius 2 is 1.96 bits per heavy atom. The van der Waals surface area contributed by atoms with Gasteiger partial charge in [0.1, 0.15) is 6.79 Å². The van der Waals surface area contributed by atoms with Crippen LogP contribution in [0, 0.1) is 0 Å². The van der Waals surface area contributed by atoms with Crippen LogP contribution in [0.5, 0.6) is 0 Å². The number of hydrogen-bond acceptors (Lipinski definition) is 6. The fourth-order valence-electron chi connectivity index (χ4n) is 2.10. The Kier molecular flexibility index (Phi) is 15.2. The fourth-order valence-corrected chi connectivity index (χ4v) is 2.10. The zero-order valence-corrected chi connectivity index (χ0v) is 17.1. The largest absolute Gasteiger partial charge is 0.399 e. The Labute approximate surface area is 168 Å². The maximum atomic E-state index is 12.2. The van der Waals surface area contributed by atoms with Crippen LogP contribution < -0.4 is 16.4 Å². The van der Waals surface area contributed by atoms with Crippen molar-refractivity contribution in [2.75, 3.05) is 45.7 Å². The smallest absolute Gasteiger partial charge is 0.251 e. The van der Waals surface area contributed by atoms with Gasteiger partial charge in [0.2, 0.25) is 0 Å². The minimum atomic E-state index is -0.212. The molecule has 7 heteroatoms. The maximum absolute atomic E-state index is 12.2. The van der Waals surface area contributed by atoms with Crippen molar-refractivity contribution in [1.82, 2.24) is 10.6 Å². The first-order chi connectivity index (χ1) is 13.6. The quantitative estimate of drug-likeness (QED) is 0.286. The molecule has 1 atom stereocenters. The maximum Gasteiger partial charge on any atom is 0.251 e. The van der Waals surface area contributed by atoms with Gasteiger partial charge in [-0.15, -0.1) is 0 Å². The number of carbonyl (C=O) groups excluding carboxylic acids is 2. The normalized spacial score (nSPS) is 12.3. The number of nitrogens with one attached hydrogen (secondary N) is 2. The van der Waals surface area contributed by atoms with Crippen molar-refractivity contribution < 1.29 is 19.1 Å². The number of rotatable bonds is 12. The van der Waals surface area contributed by atoms with Gasteiger partial charge in [-0.2, -0.15) is 0 Å². The molecule has 0 spiro atoms. The van der Waals surface area contributed by atoms with E-state index in [0.717, 1.165) is 12.1 Å². The molecule has 0 fully saturated rings. The molecule has 0 aliphatic heterocycles. The predicted octanol–water partition coefficient (Wildman–Crippen LogP) is 1.96. The number of anilines is 1. The highest BCUT2D eigenvalue weighted by Gasteiger charge is 2.12. The molecule has 4 N–H and O–H groups in total. The molecule has 0 heterocycles. The summed E-state index contributed by atoms with van der Waals surface area (Å²) in [5.41, 5.74) is 7.97. The van der Waals surface area contributed by atoms with Gasteiger partial charge in [0.15, 0.2) is 0 Å². The van der Waals surface area contributed by atoms with Gasteiger partial charge >= 0.3 is 0 Å². The molecule has 0 aliphatic rings. The van der Waals surface area contributed by atoms with E-state index in [1.807, 2.05) is 45.9 Å². The van der Waals surface area contributed by atoms with E-state index in [1.165, 1.54) is 0 Å². The summed E-state index contributed by atoms with van der Waals surface area (Å²) < 4.78 is 11.5. The van der Waals surface area contributed by atoms with E-state index < -0.39 is 0 Å². The number of carbonyl (C=O) groups is 2. The van der Waals surface area contributed by atoms with Crippen molar-refractivity contribution in [1.29, 1.82) is 0 Å². The summed E-state index contributed by atoms with van der Waals surface area (Å²) in [6.07, 6.45) is 5.75. The Morgan fingerprint density at radius 1 is 1.29 bits per heavy atom. The molecule has 0 saturated carbocycles. The number of nitrogens with two attached hydrogens (primary N) is 1. The molecular weight excluding hydrogens is 358 g/mol. The van der Waals surface area contributed by atoms with Crippen LogP contribution in [0.15, 0.2) is 48.1 Å². The predicted molar refractivity (Wildman–Crippen MR) is 113 cm³/mol. The summed E-state index contributed by atoms with van der Waals surface area (Å²) >= 11 is 0. The first kappa shape index (κ1) is 25.5. The van der Waals surface area contributed by atoms with Crippen LogP contribution in [0.1, 0.15) is 24.2 Å². The molecule has 0 aliphatic carbocycles. The Hall–Kier alpha value is -2.48. The number of ether oxygens (including phenoxy) is 2. The zero-order valence-electron chi connectivity index (χ0n) is 17.1. The lowest BCUT2D eigenvalue weighted by atomic mass is 10.2. The van der Waals surface area contributed by atoms with E-state index in [0.29, 0.717) is 37.6 Å². The first-order valence-corrected chi connectivity index (χ1v) is 9.11. The van der Waals surface area contributed by atoms with Gasteiger partial charge in [-0.05, 0) is 50.7 Å². The Balaban J connectivity index is 0.00000352. The van der Waals surface area contributed by atoms with Gasteiger partial charge in [-0.1, -0.05) is 18.2 Å². The lowest BCUT2D eigenvalue weighted by molar-refractivity contribution is -0.0980. The van der Waals surface area contributed by atoms with E-state index >= 15 is 0 Å². The molecule has 156 valence electrons. The standard InChI is InChI=1S/C20H31N3O3.CH2O/c1-4-5-6-16(2)14-25-15-19(26-12-11-22-3)13-23-20(24)17-7-9-18(21)10-8-17;1-2/h4-10,19,22H,11-15,21H2,1-3H3,(H,23,24);1H2/b5-4-,16-6+;. The molecule has 1 amide bonds. The van der Waals surface area contributed by atoms with Crippen molar-refractivity contribution in [2.45, 2.75) is 20.0 Å². The second-order valence-corrected chi connectivity index (χ2v) is 5.98. The molecule has 28 heavy (non-hydrogen) atoms. The molecule has 0 bridgehead atoms. The summed E-state index contributed by atoms with van der Waals surface area (Å²) in [4.78, 5) is 20.2. The van der Waals surface area contributed by atoms with Crippen LogP contribution in [-0.4, -0.2) is 58.8 Å². The second kappa shape index (κ2) is 16.7. The van der Waals surface area contributed by atoms with Crippen molar-refractivity contribution in [3.8, 4) is 0 Å². The zero-order chi connectivity index (χ0) is 21.2. The van der Waals surface area contributed by atoms with E-state index in [2.05, 4.69) is 10.6 Å². The van der Waals surface area contributed by atoms with Crippen molar-refractivity contribution in [2.24, 2.45) is 0 Å². The molecule has 0 saturated heterocycles.